The molecule has 1 aliphatic rings. The Bertz CT molecular complexity index is 1250. The summed E-state index contributed by atoms with van der Waals surface area (Å²) in [4.78, 5) is 4.66. The van der Waals surface area contributed by atoms with Crippen molar-refractivity contribution in [2.45, 2.75) is 25.8 Å². The fourth-order valence-electron chi connectivity index (χ4n) is 4.54. The monoisotopic (exact) mass is 350 g/mol. The van der Waals surface area contributed by atoms with Crippen molar-refractivity contribution in [1.29, 1.82) is 0 Å². The van der Waals surface area contributed by atoms with Crippen molar-refractivity contribution >= 4 is 44.7 Å². The molecule has 132 valence electrons. The lowest BCUT2D eigenvalue weighted by Gasteiger charge is -2.15. The summed E-state index contributed by atoms with van der Waals surface area (Å²) < 4.78 is 2.46. The maximum absolute atomic E-state index is 4.66. The minimum absolute atomic E-state index is 0.399. The van der Waals surface area contributed by atoms with Gasteiger partial charge in [-0.1, -0.05) is 55.1 Å². The third-order valence-corrected chi connectivity index (χ3v) is 5.66. The number of hydrogen-bond donors (Lipinski definition) is 0. The van der Waals surface area contributed by atoms with Gasteiger partial charge in [-0.15, -0.1) is 0 Å². The highest BCUT2D eigenvalue weighted by Gasteiger charge is 2.22. The molecule has 1 atom stereocenters. The molecule has 0 bridgehead atoms. The Morgan fingerprint density at radius 3 is 2.81 bits per heavy atom. The van der Waals surface area contributed by atoms with E-state index in [9.17, 15) is 0 Å². The zero-order valence-corrected chi connectivity index (χ0v) is 15.5. The van der Waals surface area contributed by atoms with Crippen LogP contribution in [0.1, 0.15) is 37.1 Å². The van der Waals surface area contributed by atoms with Crippen LogP contribution in [0.5, 0.6) is 0 Å². The Balaban J connectivity index is 1.98. The van der Waals surface area contributed by atoms with E-state index in [1.807, 2.05) is 18.3 Å². The van der Waals surface area contributed by atoms with E-state index in [-0.39, 0.29) is 0 Å². The van der Waals surface area contributed by atoms with Crippen molar-refractivity contribution in [2.75, 3.05) is 0 Å². The van der Waals surface area contributed by atoms with Crippen LogP contribution in [0.25, 0.3) is 44.7 Å². The number of nitrogens with zero attached hydrogens (tertiary/aromatic N) is 2. The van der Waals surface area contributed by atoms with Crippen LogP contribution in [0.2, 0.25) is 0 Å². The number of benzene rings is 2. The van der Waals surface area contributed by atoms with E-state index in [2.05, 4.69) is 77.7 Å². The third kappa shape index (κ3) is 2.30. The van der Waals surface area contributed by atoms with Crippen molar-refractivity contribution in [1.82, 2.24) is 9.55 Å². The average molecular weight is 350 g/mol. The highest BCUT2D eigenvalue weighted by Crippen LogP contribution is 2.40. The first-order chi connectivity index (χ1) is 13.3. The van der Waals surface area contributed by atoms with Crippen molar-refractivity contribution in [3.05, 3.63) is 78.7 Å². The van der Waals surface area contributed by atoms with Gasteiger partial charge in [0, 0.05) is 33.6 Å². The van der Waals surface area contributed by atoms with E-state index in [1.54, 1.807) is 0 Å². The second kappa shape index (κ2) is 6.24. The summed E-state index contributed by atoms with van der Waals surface area (Å²) in [6, 6.07) is 13.4. The van der Waals surface area contributed by atoms with Gasteiger partial charge in [-0.25, -0.2) is 0 Å². The molecule has 1 unspecified atom stereocenters. The molecule has 0 saturated carbocycles. The summed E-state index contributed by atoms with van der Waals surface area (Å²) in [6.45, 7) is 6.22. The lowest BCUT2D eigenvalue weighted by molar-refractivity contribution is 0.606. The Morgan fingerprint density at radius 1 is 1.15 bits per heavy atom. The standard InChI is InChI=1S/C25H22N2/c1-3-8-21-22(4-2)27(18-10-5-6-11-18)23-15-14-20-19(24(21)23)13-12-17-9-7-16-26-25(17)20/h3-5,7-10,12-16,18H,2,6,11H2,1H3/b8-3-. The normalized spacial score (nSPS) is 17.0. The Hall–Kier alpha value is -3.13. The molecule has 1 aliphatic carbocycles. The fraction of sp³-hybridized carbons (Fsp3) is 0.160. The maximum Gasteiger partial charge on any atom is 0.0780 e. The molecule has 2 nitrogen and oxygen atoms in total. The smallest absolute Gasteiger partial charge is 0.0780 e. The van der Waals surface area contributed by atoms with Crippen LogP contribution in [0.4, 0.5) is 0 Å². The zero-order valence-electron chi connectivity index (χ0n) is 15.5. The van der Waals surface area contributed by atoms with Crippen molar-refractivity contribution < 1.29 is 0 Å². The first-order valence-corrected chi connectivity index (χ1v) is 9.59. The highest BCUT2D eigenvalue weighted by molar-refractivity contribution is 6.18. The van der Waals surface area contributed by atoms with Crippen LogP contribution < -0.4 is 0 Å². The Kier molecular flexibility index (Phi) is 3.71. The van der Waals surface area contributed by atoms with E-state index in [4.69, 9.17) is 0 Å². The van der Waals surface area contributed by atoms with Gasteiger partial charge in [0.15, 0.2) is 0 Å². The molecule has 2 aromatic heterocycles. The number of rotatable bonds is 3. The van der Waals surface area contributed by atoms with Crippen LogP contribution in [0.3, 0.4) is 0 Å². The Labute approximate surface area is 159 Å². The molecule has 2 heteroatoms. The lowest BCUT2D eigenvalue weighted by Crippen LogP contribution is -2.05. The van der Waals surface area contributed by atoms with Gasteiger partial charge >= 0.3 is 0 Å². The number of pyridine rings is 1. The van der Waals surface area contributed by atoms with Crippen LogP contribution in [0.15, 0.2) is 67.4 Å². The van der Waals surface area contributed by atoms with E-state index < -0.39 is 0 Å². The zero-order chi connectivity index (χ0) is 18.4. The van der Waals surface area contributed by atoms with Crippen molar-refractivity contribution in [2.24, 2.45) is 0 Å². The van der Waals surface area contributed by atoms with Crippen LogP contribution >= 0.6 is 0 Å². The van der Waals surface area contributed by atoms with E-state index in [1.165, 1.54) is 38.3 Å². The summed E-state index contributed by atoms with van der Waals surface area (Å²) in [5, 5.41) is 4.95. The van der Waals surface area contributed by atoms with Gasteiger partial charge in [-0.3, -0.25) is 4.98 Å². The van der Waals surface area contributed by atoms with Crippen molar-refractivity contribution in [3.8, 4) is 0 Å². The minimum atomic E-state index is 0.399. The quantitative estimate of drug-likeness (QED) is 0.290. The van der Waals surface area contributed by atoms with Gasteiger partial charge in [0.25, 0.3) is 0 Å². The number of fused-ring (bicyclic) bond motifs is 5. The average Bonchev–Trinajstić information content (AvgIpc) is 3.33. The molecule has 27 heavy (non-hydrogen) atoms. The molecule has 0 saturated heterocycles. The molecular weight excluding hydrogens is 328 g/mol. The molecule has 0 amide bonds. The Morgan fingerprint density at radius 2 is 2.04 bits per heavy atom. The molecule has 2 heterocycles. The molecule has 4 aromatic rings. The predicted octanol–water partition coefficient (Wildman–Crippen LogP) is 6.91. The van der Waals surface area contributed by atoms with Gasteiger partial charge in [0.1, 0.15) is 0 Å². The first kappa shape index (κ1) is 16.1. The molecule has 0 N–H and O–H groups in total. The van der Waals surface area contributed by atoms with Crippen LogP contribution in [0, 0.1) is 0 Å². The predicted molar refractivity (Wildman–Crippen MR) is 117 cm³/mol. The van der Waals surface area contributed by atoms with Gasteiger partial charge in [0.05, 0.1) is 17.1 Å². The molecule has 0 spiro atoms. The molecule has 0 aliphatic heterocycles. The third-order valence-electron chi connectivity index (χ3n) is 5.66. The lowest BCUT2D eigenvalue weighted by atomic mass is 9.99. The number of allylic oxidation sites excluding steroid dienone is 3. The van der Waals surface area contributed by atoms with Crippen LogP contribution in [-0.4, -0.2) is 9.55 Å². The molecule has 0 radical (unpaired) electrons. The second-order valence-electron chi connectivity index (χ2n) is 7.14. The van der Waals surface area contributed by atoms with Gasteiger partial charge in [-0.05, 0) is 43.4 Å². The first-order valence-electron chi connectivity index (χ1n) is 9.59. The molecule has 0 fully saturated rings. The minimum Gasteiger partial charge on any atom is -0.333 e. The van der Waals surface area contributed by atoms with Gasteiger partial charge in [-0.2, -0.15) is 0 Å². The summed E-state index contributed by atoms with van der Waals surface area (Å²) in [6.07, 6.45) is 15.1. The summed E-state index contributed by atoms with van der Waals surface area (Å²) in [7, 11) is 0. The highest BCUT2D eigenvalue weighted by atomic mass is 15.0. The summed E-state index contributed by atoms with van der Waals surface area (Å²) >= 11 is 0. The van der Waals surface area contributed by atoms with Gasteiger partial charge < -0.3 is 4.57 Å². The van der Waals surface area contributed by atoms with Crippen LogP contribution in [-0.2, 0) is 0 Å². The van der Waals surface area contributed by atoms with Crippen molar-refractivity contribution in [3.63, 3.8) is 0 Å². The van der Waals surface area contributed by atoms with E-state index >= 15 is 0 Å². The topological polar surface area (TPSA) is 17.8 Å². The molecule has 2 aromatic carbocycles. The maximum atomic E-state index is 4.66. The number of hydrogen-bond acceptors (Lipinski definition) is 1. The second-order valence-corrected chi connectivity index (χ2v) is 7.14. The van der Waals surface area contributed by atoms with E-state index in [0.29, 0.717) is 6.04 Å². The largest absolute Gasteiger partial charge is 0.333 e. The number of aromatic nitrogens is 2. The molecular formula is C25H22N2. The van der Waals surface area contributed by atoms with E-state index in [0.717, 1.165) is 18.4 Å². The van der Waals surface area contributed by atoms with Gasteiger partial charge in [0.2, 0.25) is 0 Å². The molecule has 5 rings (SSSR count). The SMILES string of the molecule is C=Cc1c(/C=C\C)c2c3ccc4cccnc4c3ccc2n1C1C=CCC1. The summed E-state index contributed by atoms with van der Waals surface area (Å²) in [5.74, 6) is 0. The summed E-state index contributed by atoms with van der Waals surface area (Å²) in [5.41, 5.74) is 4.80. The fourth-order valence-corrected chi connectivity index (χ4v) is 4.54.